The number of piperidine rings is 1. The smallest absolute Gasteiger partial charge is 0.223 e. The molecule has 0 unspecified atom stereocenters. The molecule has 0 atom stereocenters. The van der Waals surface area contributed by atoms with E-state index in [-0.39, 0.29) is 11.8 Å². The van der Waals surface area contributed by atoms with Gasteiger partial charge in [-0.15, -0.1) is 0 Å². The lowest BCUT2D eigenvalue weighted by molar-refractivity contribution is -0.126. The maximum Gasteiger partial charge on any atom is 0.223 e. The van der Waals surface area contributed by atoms with Crippen LogP contribution in [0.5, 0.6) is 0 Å². The summed E-state index contributed by atoms with van der Waals surface area (Å²) < 4.78 is 0. The van der Waals surface area contributed by atoms with Gasteiger partial charge in [0.15, 0.2) is 0 Å². The van der Waals surface area contributed by atoms with E-state index < -0.39 is 0 Å². The summed E-state index contributed by atoms with van der Waals surface area (Å²) in [5.41, 5.74) is 1.72. The molecule has 0 aromatic carbocycles. The Morgan fingerprint density at radius 2 is 1.87 bits per heavy atom. The summed E-state index contributed by atoms with van der Waals surface area (Å²) in [6.45, 7) is 4.55. The summed E-state index contributed by atoms with van der Waals surface area (Å²) in [6, 6.07) is 0.774. The van der Waals surface area contributed by atoms with Crippen LogP contribution in [0.1, 0.15) is 56.3 Å². The van der Waals surface area contributed by atoms with E-state index in [1.807, 2.05) is 6.92 Å². The molecular formula is C18H28N4O. The zero-order valence-electron chi connectivity index (χ0n) is 14.1. The fourth-order valence-corrected chi connectivity index (χ4v) is 3.81. The second-order valence-electron chi connectivity index (χ2n) is 6.97. The first-order chi connectivity index (χ1) is 11.2. The fraction of sp³-hybridized carbons (Fsp3) is 0.722. The lowest BCUT2D eigenvalue weighted by Crippen LogP contribution is -2.45. The summed E-state index contributed by atoms with van der Waals surface area (Å²) in [4.78, 5) is 23.5. The predicted molar refractivity (Wildman–Crippen MR) is 89.8 cm³/mol. The van der Waals surface area contributed by atoms with Gasteiger partial charge in [0, 0.05) is 18.2 Å². The average molecular weight is 316 g/mol. The van der Waals surface area contributed by atoms with E-state index in [4.69, 9.17) is 0 Å². The van der Waals surface area contributed by atoms with Crippen LogP contribution in [0.4, 0.5) is 0 Å². The quantitative estimate of drug-likeness (QED) is 0.927. The molecule has 1 aliphatic heterocycles. The van der Waals surface area contributed by atoms with Crippen LogP contribution in [0.2, 0.25) is 0 Å². The first kappa shape index (κ1) is 16.4. The van der Waals surface area contributed by atoms with Crippen LogP contribution in [-0.4, -0.2) is 39.9 Å². The van der Waals surface area contributed by atoms with Crippen LogP contribution in [0, 0.1) is 12.8 Å². The average Bonchev–Trinajstić information content (AvgIpc) is 2.62. The molecule has 1 saturated carbocycles. The van der Waals surface area contributed by atoms with Crippen molar-refractivity contribution in [1.29, 1.82) is 0 Å². The number of carbonyl (C=O) groups excluding carboxylic acids is 1. The van der Waals surface area contributed by atoms with E-state index in [9.17, 15) is 4.79 Å². The SMILES string of the molecule is Cc1cnc(CNC(=O)C2CCN(C3CCCCC3)CC2)cn1. The molecule has 2 aliphatic rings. The minimum atomic E-state index is 0.160. The fourth-order valence-electron chi connectivity index (χ4n) is 3.81. The highest BCUT2D eigenvalue weighted by molar-refractivity contribution is 5.78. The van der Waals surface area contributed by atoms with Gasteiger partial charge in [-0.2, -0.15) is 0 Å². The predicted octanol–water partition coefficient (Wildman–Crippen LogP) is 2.45. The van der Waals surface area contributed by atoms with Crippen LogP contribution in [0.3, 0.4) is 0 Å². The highest BCUT2D eigenvalue weighted by atomic mass is 16.1. The Morgan fingerprint density at radius 3 is 2.52 bits per heavy atom. The lowest BCUT2D eigenvalue weighted by atomic mass is 9.90. The molecule has 1 aromatic heterocycles. The van der Waals surface area contributed by atoms with Gasteiger partial charge in [0.2, 0.25) is 5.91 Å². The van der Waals surface area contributed by atoms with Crippen molar-refractivity contribution in [2.45, 2.75) is 64.5 Å². The molecular weight excluding hydrogens is 288 g/mol. The third kappa shape index (κ3) is 4.50. The van der Waals surface area contributed by atoms with Crippen LogP contribution in [-0.2, 0) is 11.3 Å². The van der Waals surface area contributed by atoms with Gasteiger partial charge in [0.05, 0.1) is 24.1 Å². The normalized spacial score (nSPS) is 21.3. The van der Waals surface area contributed by atoms with Crippen molar-refractivity contribution < 1.29 is 4.79 Å². The van der Waals surface area contributed by atoms with E-state index in [0.717, 1.165) is 43.4 Å². The topological polar surface area (TPSA) is 58.1 Å². The van der Waals surface area contributed by atoms with Gasteiger partial charge in [0.25, 0.3) is 0 Å². The van der Waals surface area contributed by atoms with Gasteiger partial charge in [0.1, 0.15) is 0 Å². The van der Waals surface area contributed by atoms with E-state index in [0.29, 0.717) is 6.54 Å². The van der Waals surface area contributed by atoms with E-state index in [1.165, 1.54) is 32.1 Å². The third-order valence-electron chi connectivity index (χ3n) is 5.27. The molecule has 5 nitrogen and oxygen atoms in total. The summed E-state index contributed by atoms with van der Waals surface area (Å²) in [5.74, 6) is 0.337. The van der Waals surface area contributed by atoms with E-state index in [2.05, 4.69) is 20.2 Å². The number of aromatic nitrogens is 2. The van der Waals surface area contributed by atoms with E-state index >= 15 is 0 Å². The highest BCUT2D eigenvalue weighted by Crippen LogP contribution is 2.27. The summed E-state index contributed by atoms with van der Waals surface area (Å²) in [7, 11) is 0. The number of aryl methyl sites for hydroxylation is 1. The number of likely N-dealkylation sites (tertiary alicyclic amines) is 1. The Morgan fingerprint density at radius 1 is 1.13 bits per heavy atom. The number of hydrogen-bond acceptors (Lipinski definition) is 4. The van der Waals surface area contributed by atoms with Crippen molar-refractivity contribution in [3.63, 3.8) is 0 Å². The van der Waals surface area contributed by atoms with Crippen molar-refractivity contribution in [3.05, 3.63) is 23.8 Å². The maximum absolute atomic E-state index is 12.3. The van der Waals surface area contributed by atoms with Gasteiger partial charge in [-0.05, 0) is 45.7 Å². The summed E-state index contributed by atoms with van der Waals surface area (Å²) >= 11 is 0. The molecule has 1 saturated heterocycles. The molecule has 3 rings (SSSR count). The molecule has 5 heteroatoms. The second-order valence-corrected chi connectivity index (χ2v) is 6.97. The lowest BCUT2D eigenvalue weighted by Gasteiger charge is -2.38. The largest absolute Gasteiger partial charge is 0.350 e. The van der Waals surface area contributed by atoms with Crippen molar-refractivity contribution in [2.75, 3.05) is 13.1 Å². The van der Waals surface area contributed by atoms with Crippen molar-refractivity contribution in [1.82, 2.24) is 20.2 Å². The Balaban J connectivity index is 1.41. The molecule has 126 valence electrons. The van der Waals surface area contributed by atoms with Crippen molar-refractivity contribution in [2.24, 2.45) is 5.92 Å². The van der Waals surface area contributed by atoms with Gasteiger partial charge in [-0.1, -0.05) is 19.3 Å². The highest BCUT2D eigenvalue weighted by Gasteiger charge is 2.29. The summed E-state index contributed by atoms with van der Waals surface area (Å²) in [5, 5.41) is 3.02. The molecule has 23 heavy (non-hydrogen) atoms. The molecule has 1 N–H and O–H groups in total. The first-order valence-corrected chi connectivity index (χ1v) is 9.01. The zero-order valence-corrected chi connectivity index (χ0v) is 14.1. The molecule has 0 spiro atoms. The van der Waals surface area contributed by atoms with Crippen LogP contribution < -0.4 is 5.32 Å². The standard InChI is InChI=1S/C18H28N4O/c1-14-11-20-16(12-19-14)13-21-18(23)15-7-9-22(10-8-15)17-5-3-2-4-6-17/h11-12,15,17H,2-10,13H2,1H3,(H,21,23). The molecule has 2 fully saturated rings. The minimum Gasteiger partial charge on any atom is -0.350 e. The minimum absolute atomic E-state index is 0.160. The number of hydrogen-bond donors (Lipinski definition) is 1. The first-order valence-electron chi connectivity index (χ1n) is 9.01. The number of nitrogens with zero attached hydrogens (tertiary/aromatic N) is 3. The Bertz CT molecular complexity index is 502. The Kier molecular flexibility index (Phi) is 5.60. The van der Waals surface area contributed by atoms with Gasteiger partial charge < -0.3 is 10.2 Å². The Labute approximate surface area is 138 Å². The number of rotatable bonds is 4. The second kappa shape index (κ2) is 7.86. The number of nitrogens with one attached hydrogen (secondary N) is 1. The van der Waals surface area contributed by atoms with Crippen LogP contribution >= 0.6 is 0 Å². The number of carbonyl (C=O) groups is 1. The van der Waals surface area contributed by atoms with E-state index in [1.54, 1.807) is 12.4 Å². The van der Waals surface area contributed by atoms with Crippen molar-refractivity contribution in [3.8, 4) is 0 Å². The van der Waals surface area contributed by atoms with Gasteiger partial charge >= 0.3 is 0 Å². The third-order valence-corrected chi connectivity index (χ3v) is 5.27. The maximum atomic E-state index is 12.3. The van der Waals surface area contributed by atoms with Crippen LogP contribution in [0.25, 0.3) is 0 Å². The molecule has 2 heterocycles. The summed E-state index contributed by atoms with van der Waals surface area (Å²) in [6.07, 6.45) is 12.3. The monoisotopic (exact) mass is 316 g/mol. The molecule has 1 amide bonds. The van der Waals surface area contributed by atoms with Crippen LogP contribution in [0.15, 0.2) is 12.4 Å². The molecule has 0 radical (unpaired) electrons. The van der Waals surface area contributed by atoms with Crippen molar-refractivity contribution >= 4 is 5.91 Å². The van der Waals surface area contributed by atoms with Gasteiger partial charge in [-0.25, -0.2) is 0 Å². The number of amides is 1. The molecule has 0 bridgehead atoms. The molecule has 1 aliphatic carbocycles. The Hall–Kier alpha value is -1.49. The molecule has 1 aromatic rings. The van der Waals surface area contributed by atoms with Gasteiger partial charge in [-0.3, -0.25) is 14.8 Å². The zero-order chi connectivity index (χ0) is 16.1.